The van der Waals surface area contributed by atoms with Crippen LogP contribution in [0.5, 0.6) is 11.5 Å². The number of esters is 1. The molecule has 0 aromatic heterocycles. The van der Waals surface area contributed by atoms with Crippen molar-refractivity contribution in [3.8, 4) is 11.5 Å². The Labute approximate surface area is 207 Å². The number of hydrogen-bond acceptors (Lipinski definition) is 7. The number of ketones is 1. The lowest BCUT2D eigenvalue weighted by Gasteiger charge is -2.32. The molecule has 7 nitrogen and oxygen atoms in total. The fraction of sp³-hybridized carbons (Fsp3) is 0.308. The second-order valence-electron chi connectivity index (χ2n) is 8.08. The summed E-state index contributed by atoms with van der Waals surface area (Å²) < 4.78 is 35.6. The number of hydrogen-bond donors (Lipinski definition) is 1. The molecule has 0 fully saturated rings. The lowest BCUT2D eigenvalue weighted by Crippen LogP contribution is -2.31. The van der Waals surface area contributed by atoms with Gasteiger partial charge < -0.3 is 24.7 Å². The first-order chi connectivity index (χ1) is 16.8. The van der Waals surface area contributed by atoms with E-state index < -0.39 is 17.7 Å². The first-order valence-corrected chi connectivity index (χ1v) is 11.6. The highest BCUT2D eigenvalue weighted by Crippen LogP contribution is 2.45. The fourth-order valence-corrected chi connectivity index (χ4v) is 4.56. The minimum absolute atomic E-state index is 0.0410. The summed E-state index contributed by atoms with van der Waals surface area (Å²) in [7, 11) is 1.52. The summed E-state index contributed by atoms with van der Waals surface area (Å²) in [6.45, 7) is 1.87. The fourth-order valence-electron chi connectivity index (χ4n) is 4.34. The molecule has 0 bridgehead atoms. The van der Waals surface area contributed by atoms with Gasteiger partial charge in [0.15, 0.2) is 5.78 Å². The Hall–Kier alpha value is -3.52. The van der Waals surface area contributed by atoms with E-state index in [0.29, 0.717) is 53.2 Å². The average Bonchev–Trinajstić information content (AvgIpc) is 2.82. The van der Waals surface area contributed by atoms with Gasteiger partial charge in [0.1, 0.15) is 35.3 Å². The van der Waals surface area contributed by atoms with E-state index in [0.717, 1.165) is 6.07 Å². The first kappa shape index (κ1) is 24.6. The SMILES string of the molecule is CCOC(=O)C1=C(N)OC2=C(C(=O)CCC2)[C@@H]1c1ccc(OC)c(COc2ccc(F)cc2Cl)c1. The van der Waals surface area contributed by atoms with Gasteiger partial charge in [0.25, 0.3) is 0 Å². The van der Waals surface area contributed by atoms with E-state index in [2.05, 4.69) is 0 Å². The molecule has 0 radical (unpaired) electrons. The predicted molar refractivity (Wildman–Crippen MR) is 126 cm³/mol. The molecule has 4 rings (SSSR count). The lowest BCUT2D eigenvalue weighted by atomic mass is 9.77. The molecule has 2 aromatic carbocycles. The third-order valence-electron chi connectivity index (χ3n) is 5.89. The Kier molecular flexibility index (Phi) is 7.31. The molecule has 0 saturated heterocycles. The van der Waals surface area contributed by atoms with E-state index in [1.807, 2.05) is 0 Å². The van der Waals surface area contributed by atoms with Crippen LogP contribution in [-0.2, 0) is 25.7 Å². The van der Waals surface area contributed by atoms with Gasteiger partial charge in [0.2, 0.25) is 5.88 Å². The second-order valence-corrected chi connectivity index (χ2v) is 8.49. The van der Waals surface area contributed by atoms with Crippen molar-refractivity contribution in [2.75, 3.05) is 13.7 Å². The highest BCUT2D eigenvalue weighted by molar-refractivity contribution is 6.32. The maximum Gasteiger partial charge on any atom is 0.340 e. The summed E-state index contributed by atoms with van der Waals surface area (Å²) in [4.78, 5) is 25.9. The van der Waals surface area contributed by atoms with E-state index in [9.17, 15) is 14.0 Å². The highest BCUT2D eigenvalue weighted by Gasteiger charge is 2.41. The van der Waals surface area contributed by atoms with Crippen LogP contribution < -0.4 is 15.2 Å². The van der Waals surface area contributed by atoms with Crippen LogP contribution in [0.3, 0.4) is 0 Å². The van der Waals surface area contributed by atoms with Crippen molar-refractivity contribution in [2.24, 2.45) is 5.73 Å². The zero-order chi connectivity index (χ0) is 25.1. The molecule has 9 heteroatoms. The van der Waals surface area contributed by atoms with Gasteiger partial charge in [-0.3, -0.25) is 4.79 Å². The molecule has 0 amide bonds. The van der Waals surface area contributed by atoms with Gasteiger partial charge in [-0.25, -0.2) is 9.18 Å². The van der Waals surface area contributed by atoms with Crippen LogP contribution in [0.4, 0.5) is 4.39 Å². The van der Waals surface area contributed by atoms with Gasteiger partial charge in [-0.15, -0.1) is 0 Å². The monoisotopic (exact) mass is 501 g/mol. The van der Waals surface area contributed by atoms with Crippen LogP contribution in [0, 0.1) is 5.82 Å². The zero-order valence-electron chi connectivity index (χ0n) is 19.4. The van der Waals surface area contributed by atoms with Crippen LogP contribution in [0.1, 0.15) is 43.2 Å². The summed E-state index contributed by atoms with van der Waals surface area (Å²) >= 11 is 6.09. The third-order valence-corrected chi connectivity index (χ3v) is 6.19. The molecule has 0 saturated carbocycles. The molecule has 35 heavy (non-hydrogen) atoms. The molecule has 2 aromatic rings. The van der Waals surface area contributed by atoms with Crippen LogP contribution in [0.15, 0.2) is 59.2 Å². The van der Waals surface area contributed by atoms with E-state index in [4.69, 9.17) is 36.3 Å². The van der Waals surface area contributed by atoms with Crippen LogP contribution in [0.2, 0.25) is 5.02 Å². The number of carbonyl (C=O) groups excluding carboxylic acids is 2. The van der Waals surface area contributed by atoms with Crippen molar-refractivity contribution in [3.63, 3.8) is 0 Å². The zero-order valence-corrected chi connectivity index (χ0v) is 20.1. The van der Waals surface area contributed by atoms with Gasteiger partial charge in [-0.05, 0) is 49.2 Å². The molecule has 1 aliphatic carbocycles. The summed E-state index contributed by atoms with van der Waals surface area (Å²) in [5, 5.41) is 0.132. The smallest absolute Gasteiger partial charge is 0.340 e. The van der Waals surface area contributed by atoms with Gasteiger partial charge in [-0.2, -0.15) is 0 Å². The molecular weight excluding hydrogens is 477 g/mol. The number of ether oxygens (including phenoxy) is 4. The normalized spacial score (nSPS) is 17.6. The molecule has 1 atom stereocenters. The van der Waals surface area contributed by atoms with Crippen molar-refractivity contribution >= 4 is 23.4 Å². The van der Waals surface area contributed by atoms with Crippen LogP contribution >= 0.6 is 11.6 Å². The van der Waals surface area contributed by atoms with Crippen molar-refractivity contribution in [1.29, 1.82) is 0 Å². The summed E-state index contributed by atoms with van der Waals surface area (Å²) in [5.74, 6) is -0.752. The maximum atomic E-state index is 13.4. The molecule has 0 spiro atoms. The minimum atomic E-state index is -0.760. The number of rotatable bonds is 7. The Morgan fingerprint density at radius 1 is 1.20 bits per heavy atom. The van der Waals surface area contributed by atoms with E-state index >= 15 is 0 Å². The number of halogens is 2. The topological polar surface area (TPSA) is 97.1 Å². The Balaban J connectivity index is 1.76. The standard InChI is InChI=1S/C26H25ClFNO6/c1-3-33-26(31)24-22(23-18(30)5-4-6-21(23)35-25(24)29)14-7-9-19(32-2)15(11-14)13-34-20-10-8-16(28)12-17(20)27/h7-12,22H,3-6,13,29H2,1-2H3/t22-/m0/s1. The Bertz CT molecular complexity index is 1240. The van der Waals surface area contributed by atoms with Gasteiger partial charge >= 0.3 is 5.97 Å². The van der Waals surface area contributed by atoms with Crippen LogP contribution in [-0.4, -0.2) is 25.5 Å². The molecule has 1 heterocycles. The van der Waals surface area contributed by atoms with Crippen molar-refractivity contribution in [1.82, 2.24) is 0 Å². The molecule has 2 aliphatic rings. The molecular formula is C26H25ClFNO6. The number of nitrogens with two attached hydrogens (primary N) is 1. The number of carbonyl (C=O) groups is 2. The number of allylic oxidation sites excluding steroid dienone is 2. The molecule has 1 aliphatic heterocycles. The van der Waals surface area contributed by atoms with E-state index in [1.165, 1.54) is 19.2 Å². The minimum Gasteiger partial charge on any atom is -0.496 e. The van der Waals surface area contributed by atoms with Gasteiger partial charge in [0, 0.05) is 24.0 Å². The number of Topliss-reactive ketones (excluding diaryl/α,β-unsaturated/α-hetero) is 1. The second kappa shape index (κ2) is 10.4. The van der Waals surface area contributed by atoms with Crippen molar-refractivity contribution in [2.45, 2.75) is 38.7 Å². The highest BCUT2D eigenvalue weighted by atomic mass is 35.5. The van der Waals surface area contributed by atoms with E-state index in [-0.39, 0.29) is 35.5 Å². The van der Waals surface area contributed by atoms with Gasteiger partial charge in [-0.1, -0.05) is 17.7 Å². The average molecular weight is 502 g/mol. The third kappa shape index (κ3) is 4.98. The van der Waals surface area contributed by atoms with Crippen molar-refractivity contribution < 1.29 is 32.9 Å². The molecule has 184 valence electrons. The summed E-state index contributed by atoms with van der Waals surface area (Å²) in [6, 6.07) is 9.12. The number of methoxy groups -OCH3 is 1. The number of benzene rings is 2. The Morgan fingerprint density at radius 3 is 2.69 bits per heavy atom. The molecule has 0 unspecified atom stereocenters. The first-order valence-electron chi connectivity index (χ1n) is 11.2. The lowest BCUT2D eigenvalue weighted by molar-refractivity contribution is -0.139. The maximum absolute atomic E-state index is 13.4. The quantitative estimate of drug-likeness (QED) is 0.538. The summed E-state index contributed by atoms with van der Waals surface area (Å²) in [5.41, 5.74) is 7.92. The molecule has 2 N–H and O–H groups in total. The van der Waals surface area contributed by atoms with Crippen molar-refractivity contribution in [3.05, 3.63) is 81.2 Å². The summed E-state index contributed by atoms with van der Waals surface area (Å²) in [6.07, 6.45) is 1.54. The largest absolute Gasteiger partial charge is 0.496 e. The Morgan fingerprint density at radius 2 is 1.97 bits per heavy atom. The van der Waals surface area contributed by atoms with E-state index in [1.54, 1.807) is 25.1 Å². The van der Waals surface area contributed by atoms with Crippen LogP contribution in [0.25, 0.3) is 0 Å². The van der Waals surface area contributed by atoms with Gasteiger partial charge in [0.05, 0.1) is 24.7 Å². The predicted octanol–water partition coefficient (Wildman–Crippen LogP) is 4.92.